The van der Waals surface area contributed by atoms with E-state index in [1.165, 1.54) is 11.3 Å². The monoisotopic (exact) mass is 342 g/mol. The van der Waals surface area contributed by atoms with Crippen LogP contribution in [0.5, 0.6) is 0 Å². The molecule has 0 saturated carbocycles. The maximum Gasteiger partial charge on any atom is 0.275 e. The lowest BCUT2D eigenvalue weighted by Gasteiger charge is -2.01. The average molecular weight is 342 g/mol. The Kier molecular flexibility index (Phi) is 5.02. The van der Waals surface area contributed by atoms with E-state index in [1.54, 1.807) is 29.6 Å². The number of hydrogen-bond donors (Lipinski definition) is 1. The Bertz CT molecular complexity index is 840. The molecule has 0 saturated heterocycles. The van der Waals surface area contributed by atoms with Crippen LogP contribution in [0.15, 0.2) is 42.0 Å². The summed E-state index contributed by atoms with van der Waals surface area (Å²) < 4.78 is 6.72. The highest BCUT2D eigenvalue weighted by Gasteiger charge is 2.13. The van der Waals surface area contributed by atoms with E-state index in [2.05, 4.69) is 15.4 Å². The first-order chi connectivity index (χ1) is 11.7. The van der Waals surface area contributed by atoms with Gasteiger partial charge in [-0.25, -0.2) is 4.98 Å². The summed E-state index contributed by atoms with van der Waals surface area (Å²) in [4.78, 5) is 16.8. The van der Waals surface area contributed by atoms with Crippen molar-refractivity contribution in [2.45, 2.75) is 13.5 Å². The molecule has 6 nitrogen and oxygen atoms in total. The lowest BCUT2D eigenvalue weighted by Crippen LogP contribution is -2.12. The van der Waals surface area contributed by atoms with Gasteiger partial charge < -0.3 is 10.1 Å². The van der Waals surface area contributed by atoms with E-state index in [1.807, 2.05) is 31.2 Å². The Hall–Kier alpha value is -2.51. The lowest BCUT2D eigenvalue weighted by molar-refractivity contribution is 0.102. The predicted molar refractivity (Wildman–Crippen MR) is 94.3 cm³/mol. The smallest absolute Gasteiger partial charge is 0.275 e. The highest BCUT2D eigenvalue weighted by atomic mass is 32.1. The first-order valence-corrected chi connectivity index (χ1v) is 8.39. The summed E-state index contributed by atoms with van der Waals surface area (Å²) in [7, 11) is 1.64. The third-order valence-electron chi connectivity index (χ3n) is 3.53. The Morgan fingerprint density at radius 1 is 1.38 bits per heavy atom. The zero-order valence-electron chi connectivity index (χ0n) is 13.5. The predicted octanol–water partition coefficient (Wildman–Crippen LogP) is 3.21. The Balaban J connectivity index is 1.70. The van der Waals surface area contributed by atoms with Gasteiger partial charge in [-0.15, -0.1) is 11.3 Å². The first-order valence-electron chi connectivity index (χ1n) is 7.51. The third kappa shape index (κ3) is 3.69. The number of hydrogen-bond acceptors (Lipinski definition) is 5. The standard InChI is InChI=1S/C17H18N4O2S/c1-12-5-3-4-6-14(12)17-20-15(11-24-17)16(22)19-13-9-18-21(10-13)7-8-23-2/h3-6,9-11H,7-8H2,1-2H3,(H,19,22). The average Bonchev–Trinajstić information content (AvgIpc) is 3.23. The Morgan fingerprint density at radius 3 is 3.00 bits per heavy atom. The Labute approximate surface area is 144 Å². The van der Waals surface area contributed by atoms with Crippen LogP contribution in [0.4, 0.5) is 5.69 Å². The van der Waals surface area contributed by atoms with E-state index in [0.29, 0.717) is 24.5 Å². The van der Waals surface area contributed by atoms with Crippen molar-refractivity contribution in [1.82, 2.24) is 14.8 Å². The summed E-state index contributed by atoms with van der Waals surface area (Å²) in [5.74, 6) is -0.239. The van der Waals surface area contributed by atoms with E-state index in [9.17, 15) is 4.79 Å². The molecule has 3 aromatic rings. The van der Waals surface area contributed by atoms with Gasteiger partial charge in [0, 0.05) is 24.3 Å². The zero-order valence-corrected chi connectivity index (χ0v) is 14.3. The third-order valence-corrected chi connectivity index (χ3v) is 4.40. The molecule has 0 aliphatic heterocycles. The van der Waals surface area contributed by atoms with Gasteiger partial charge in [-0.1, -0.05) is 24.3 Å². The number of methoxy groups -OCH3 is 1. The quantitative estimate of drug-likeness (QED) is 0.747. The van der Waals surface area contributed by atoms with Crippen molar-refractivity contribution < 1.29 is 9.53 Å². The highest BCUT2D eigenvalue weighted by molar-refractivity contribution is 7.13. The van der Waals surface area contributed by atoms with Crippen LogP contribution in [0, 0.1) is 6.92 Å². The summed E-state index contributed by atoms with van der Waals surface area (Å²) in [5, 5.41) is 9.60. The molecule has 1 amide bonds. The number of thiazole rings is 1. The van der Waals surface area contributed by atoms with E-state index < -0.39 is 0 Å². The summed E-state index contributed by atoms with van der Waals surface area (Å²) in [5.41, 5.74) is 3.23. The lowest BCUT2D eigenvalue weighted by atomic mass is 10.1. The molecule has 7 heteroatoms. The molecule has 0 spiro atoms. The summed E-state index contributed by atoms with van der Waals surface area (Å²) in [6, 6.07) is 8.00. The van der Waals surface area contributed by atoms with Gasteiger partial charge in [-0.2, -0.15) is 5.10 Å². The minimum atomic E-state index is -0.239. The van der Waals surface area contributed by atoms with Crippen LogP contribution in [-0.2, 0) is 11.3 Å². The molecule has 1 aromatic carbocycles. The number of anilines is 1. The van der Waals surface area contributed by atoms with Gasteiger partial charge in [0.05, 0.1) is 25.0 Å². The fraction of sp³-hybridized carbons (Fsp3) is 0.235. The van der Waals surface area contributed by atoms with Crippen LogP contribution in [0.2, 0.25) is 0 Å². The van der Waals surface area contributed by atoms with E-state index in [4.69, 9.17) is 4.74 Å². The van der Waals surface area contributed by atoms with Crippen LogP contribution in [0.1, 0.15) is 16.1 Å². The van der Waals surface area contributed by atoms with Crippen molar-refractivity contribution in [2.75, 3.05) is 19.0 Å². The van der Waals surface area contributed by atoms with Crippen molar-refractivity contribution in [3.63, 3.8) is 0 Å². The summed E-state index contributed by atoms with van der Waals surface area (Å²) >= 11 is 1.46. The molecule has 0 aliphatic carbocycles. The fourth-order valence-electron chi connectivity index (χ4n) is 2.24. The molecule has 1 N–H and O–H groups in total. The van der Waals surface area contributed by atoms with Crippen molar-refractivity contribution in [2.24, 2.45) is 0 Å². The van der Waals surface area contributed by atoms with E-state index in [-0.39, 0.29) is 5.91 Å². The SMILES string of the molecule is COCCn1cc(NC(=O)c2csc(-c3ccccc3C)n2)cn1. The molecule has 2 aromatic heterocycles. The number of nitrogens with zero attached hydrogens (tertiary/aromatic N) is 3. The minimum Gasteiger partial charge on any atom is -0.383 e. The molecule has 0 aliphatic rings. The van der Waals surface area contributed by atoms with Gasteiger partial charge in [0.1, 0.15) is 10.7 Å². The van der Waals surface area contributed by atoms with Crippen LogP contribution in [-0.4, -0.2) is 34.4 Å². The fourth-order valence-corrected chi connectivity index (χ4v) is 3.14. The van der Waals surface area contributed by atoms with Crippen LogP contribution in [0.3, 0.4) is 0 Å². The topological polar surface area (TPSA) is 69.0 Å². The van der Waals surface area contributed by atoms with Crippen LogP contribution < -0.4 is 5.32 Å². The van der Waals surface area contributed by atoms with Crippen molar-refractivity contribution >= 4 is 22.9 Å². The number of aromatic nitrogens is 3. The normalized spacial score (nSPS) is 10.8. The second-order valence-electron chi connectivity index (χ2n) is 5.29. The van der Waals surface area contributed by atoms with E-state index in [0.717, 1.165) is 16.1 Å². The molecule has 124 valence electrons. The number of nitrogens with one attached hydrogen (secondary N) is 1. The summed E-state index contributed by atoms with van der Waals surface area (Å²) in [6.07, 6.45) is 3.38. The first kappa shape index (κ1) is 16.4. The molecule has 0 bridgehead atoms. The second-order valence-corrected chi connectivity index (χ2v) is 6.15. The maximum absolute atomic E-state index is 12.3. The van der Waals surface area contributed by atoms with Gasteiger partial charge >= 0.3 is 0 Å². The largest absolute Gasteiger partial charge is 0.383 e. The highest BCUT2D eigenvalue weighted by Crippen LogP contribution is 2.26. The Morgan fingerprint density at radius 2 is 2.21 bits per heavy atom. The molecule has 3 rings (SSSR count). The number of benzene rings is 1. The van der Waals surface area contributed by atoms with Gasteiger partial charge in [-0.05, 0) is 12.5 Å². The zero-order chi connectivity index (χ0) is 16.9. The van der Waals surface area contributed by atoms with Crippen LogP contribution >= 0.6 is 11.3 Å². The molecule has 0 radical (unpaired) electrons. The van der Waals surface area contributed by atoms with Crippen molar-refractivity contribution in [3.05, 3.63) is 53.3 Å². The van der Waals surface area contributed by atoms with Gasteiger partial charge in [0.25, 0.3) is 5.91 Å². The van der Waals surface area contributed by atoms with Crippen LogP contribution in [0.25, 0.3) is 10.6 Å². The minimum absolute atomic E-state index is 0.239. The molecule has 2 heterocycles. The number of amides is 1. The second kappa shape index (κ2) is 7.37. The number of rotatable bonds is 6. The number of carbonyl (C=O) groups excluding carboxylic acids is 1. The molecule has 24 heavy (non-hydrogen) atoms. The molecule has 0 atom stereocenters. The van der Waals surface area contributed by atoms with Gasteiger partial charge in [-0.3, -0.25) is 9.48 Å². The van der Waals surface area contributed by atoms with Gasteiger partial charge in [0.2, 0.25) is 0 Å². The van der Waals surface area contributed by atoms with Gasteiger partial charge in [0.15, 0.2) is 0 Å². The number of carbonyl (C=O) groups is 1. The van der Waals surface area contributed by atoms with E-state index >= 15 is 0 Å². The number of ether oxygens (including phenoxy) is 1. The molecule has 0 unspecified atom stereocenters. The maximum atomic E-state index is 12.3. The molecular weight excluding hydrogens is 324 g/mol. The molecule has 0 fully saturated rings. The number of aryl methyl sites for hydroxylation is 1. The van der Waals surface area contributed by atoms with Crippen molar-refractivity contribution in [1.29, 1.82) is 0 Å². The summed E-state index contributed by atoms with van der Waals surface area (Å²) in [6.45, 7) is 3.24. The van der Waals surface area contributed by atoms with Crippen molar-refractivity contribution in [3.8, 4) is 10.6 Å². The molecular formula is C17H18N4O2S.